The number of carbonyl (C=O) groups is 1. The van der Waals surface area contributed by atoms with Gasteiger partial charge in [0.1, 0.15) is 5.75 Å². The first-order valence-corrected chi connectivity index (χ1v) is 5.74. The lowest BCUT2D eigenvalue weighted by atomic mass is 9.96. The summed E-state index contributed by atoms with van der Waals surface area (Å²) in [5, 5.41) is 0. The lowest BCUT2D eigenvalue weighted by Gasteiger charge is -2.11. The van der Waals surface area contributed by atoms with Crippen LogP contribution in [0.15, 0.2) is 22.7 Å². The number of carbonyl (C=O) groups excluding carboxylic acids is 1. The van der Waals surface area contributed by atoms with Gasteiger partial charge >= 0.3 is 0 Å². The molecule has 0 aliphatic heterocycles. The van der Waals surface area contributed by atoms with Gasteiger partial charge in [0.2, 0.25) is 0 Å². The number of ether oxygens (including phenoxy) is 1. The number of methoxy groups -OCH3 is 1. The molecule has 1 aromatic rings. The molecule has 2 rings (SSSR count). The Bertz CT molecular complexity index is 408. The number of hydrogen-bond donors (Lipinski definition) is 0. The van der Waals surface area contributed by atoms with Gasteiger partial charge in [-0.15, -0.1) is 0 Å². The second-order valence-corrected chi connectivity index (χ2v) is 5.15. The van der Waals surface area contributed by atoms with Crippen LogP contribution in [-0.2, 0) is 0 Å². The maximum absolute atomic E-state index is 12.2. The molecule has 0 unspecified atom stereocenters. The van der Waals surface area contributed by atoms with E-state index in [1.54, 1.807) is 7.11 Å². The van der Waals surface area contributed by atoms with Crippen LogP contribution >= 0.6 is 15.9 Å². The lowest BCUT2D eigenvalue weighted by Crippen LogP contribution is -2.13. The summed E-state index contributed by atoms with van der Waals surface area (Å²) in [5.41, 5.74) is 0.542. The average Bonchev–Trinajstić information content (AvgIpc) is 2.96. The Morgan fingerprint density at radius 3 is 2.67 bits per heavy atom. The Morgan fingerprint density at radius 2 is 2.13 bits per heavy atom. The molecular formula is C12H13BrO2. The summed E-state index contributed by atoms with van der Waals surface area (Å²) < 4.78 is 6.12. The second-order valence-electron chi connectivity index (χ2n) is 4.23. The van der Waals surface area contributed by atoms with E-state index in [-0.39, 0.29) is 11.2 Å². The van der Waals surface area contributed by atoms with Gasteiger partial charge < -0.3 is 4.74 Å². The Hall–Kier alpha value is -0.830. The summed E-state index contributed by atoms with van der Waals surface area (Å²) in [6, 6.07) is 5.54. The predicted octanol–water partition coefficient (Wildman–Crippen LogP) is 3.44. The molecule has 1 aliphatic carbocycles. The van der Waals surface area contributed by atoms with Crippen molar-refractivity contribution in [3.05, 3.63) is 28.2 Å². The lowest BCUT2D eigenvalue weighted by molar-refractivity contribution is 0.0909. The van der Waals surface area contributed by atoms with Gasteiger partial charge in [0, 0.05) is 9.89 Å². The van der Waals surface area contributed by atoms with Crippen molar-refractivity contribution in [3.8, 4) is 5.75 Å². The van der Waals surface area contributed by atoms with E-state index in [2.05, 4.69) is 15.9 Å². The topological polar surface area (TPSA) is 26.3 Å². The van der Waals surface area contributed by atoms with Gasteiger partial charge in [-0.2, -0.15) is 0 Å². The van der Waals surface area contributed by atoms with Crippen LogP contribution in [0.5, 0.6) is 5.75 Å². The van der Waals surface area contributed by atoms with Crippen molar-refractivity contribution in [2.75, 3.05) is 7.11 Å². The van der Waals surface area contributed by atoms with Crippen LogP contribution in [0.2, 0.25) is 0 Å². The zero-order valence-corrected chi connectivity index (χ0v) is 10.4. The number of hydrogen-bond acceptors (Lipinski definition) is 2. The minimum Gasteiger partial charge on any atom is -0.496 e. The molecule has 1 fully saturated rings. The highest BCUT2D eigenvalue weighted by atomic mass is 79.9. The van der Waals surface area contributed by atoms with Crippen molar-refractivity contribution in [2.24, 2.45) is 5.41 Å². The number of ketones is 1. The van der Waals surface area contributed by atoms with Gasteiger partial charge in [0.25, 0.3) is 0 Å². The molecule has 0 N–H and O–H groups in total. The quantitative estimate of drug-likeness (QED) is 0.786. The molecule has 1 saturated carbocycles. The van der Waals surface area contributed by atoms with E-state index in [1.165, 1.54) is 0 Å². The van der Waals surface area contributed by atoms with Crippen molar-refractivity contribution < 1.29 is 9.53 Å². The first-order chi connectivity index (χ1) is 7.07. The highest BCUT2D eigenvalue weighted by molar-refractivity contribution is 9.10. The van der Waals surface area contributed by atoms with E-state index in [0.717, 1.165) is 17.3 Å². The monoisotopic (exact) mass is 268 g/mol. The molecule has 0 aromatic heterocycles. The third kappa shape index (κ3) is 1.93. The Morgan fingerprint density at radius 1 is 1.47 bits per heavy atom. The van der Waals surface area contributed by atoms with Gasteiger partial charge in [0.15, 0.2) is 5.78 Å². The fourth-order valence-electron chi connectivity index (χ4n) is 1.60. The van der Waals surface area contributed by atoms with Crippen LogP contribution in [0, 0.1) is 5.41 Å². The largest absolute Gasteiger partial charge is 0.496 e. The van der Waals surface area contributed by atoms with Gasteiger partial charge in [-0.05, 0) is 31.0 Å². The molecule has 0 atom stereocenters. The molecule has 0 radical (unpaired) electrons. The molecular weight excluding hydrogens is 256 g/mol. The third-order valence-corrected chi connectivity index (χ3v) is 3.45. The zero-order valence-electron chi connectivity index (χ0n) is 8.84. The molecule has 0 heterocycles. The van der Waals surface area contributed by atoms with Crippen molar-refractivity contribution in [3.63, 3.8) is 0 Å². The van der Waals surface area contributed by atoms with Gasteiger partial charge in [-0.1, -0.05) is 22.9 Å². The van der Waals surface area contributed by atoms with Crippen molar-refractivity contribution in [1.82, 2.24) is 0 Å². The van der Waals surface area contributed by atoms with E-state index < -0.39 is 0 Å². The number of benzene rings is 1. The summed E-state index contributed by atoms with van der Waals surface area (Å²) in [4.78, 5) is 12.2. The minimum absolute atomic E-state index is 0.145. The average molecular weight is 269 g/mol. The van der Waals surface area contributed by atoms with Gasteiger partial charge in [0.05, 0.1) is 12.7 Å². The van der Waals surface area contributed by atoms with Crippen molar-refractivity contribution in [2.45, 2.75) is 19.8 Å². The van der Waals surface area contributed by atoms with E-state index in [4.69, 9.17) is 4.74 Å². The molecule has 80 valence electrons. The maximum atomic E-state index is 12.2. The highest BCUT2D eigenvalue weighted by Crippen LogP contribution is 2.48. The van der Waals surface area contributed by atoms with Crippen LogP contribution in [-0.4, -0.2) is 12.9 Å². The van der Waals surface area contributed by atoms with E-state index in [0.29, 0.717) is 11.3 Å². The Kier molecular flexibility index (Phi) is 2.59. The fraction of sp³-hybridized carbons (Fsp3) is 0.417. The molecule has 15 heavy (non-hydrogen) atoms. The van der Waals surface area contributed by atoms with Crippen LogP contribution in [0.4, 0.5) is 0 Å². The van der Waals surface area contributed by atoms with E-state index in [1.807, 2.05) is 25.1 Å². The highest BCUT2D eigenvalue weighted by Gasteiger charge is 2.45. The molecule has 0 bridgehead atoms. The minimum atomic E-state index is -0.145. The Labute approximate surface area is 97.8 Å². The SMILES string of the molecule is COc1ccc(Br)cc1C(=O)C1(C)CC1. The molecule has 3 heteroatoms. The summed E-state index contributed by atoms with van der Waals surface area (Å²) in [6.45, 7) is 2.01. The summed E-state index contributed by atoms with van der Waals surface area (Å²) in [6.07, 6.45) is 1.98. The van der Waals surface area contributed by atoms with Crippen LogP contribution in [0.3, 0.4) is 0 Å². The first kappa shape index (κ1) is 10.7. The first-order valence-electron chi connectivity index (χ1n) is 4.95. The molecule has 0 spiro atoms. The van der Waals surface area contributed by atoms with Gasteiger partial charge in [-0.25, -0.2) is 0 Å². The predicted molar refractivity (Wildman–Crippen MR) is 62.4 cm³/mol. The number of rotatable bonds is 3. The molecule has 2 nitrogen and oxygen atoms in total. The summed E-state index contributed by atoms with van der Waals surface area (Å²) in [7, 11) is 1.59. The molecule has 1 aliphatic rings. The van der Waals surface area contributed by atoms with Crippen molar-refractivity contribution >= 4 is 21.7 Å². The van der Waals surface area contributed by atoms with Gasteiger partial charge in [-0.3, -0.25) is 4.79 Å². The number of Topliss-reactive ketones (excluding diaryl/α,β-unsaturated/α-hetero) is 1. The third-order valence-electron chi connectivity index (χ3n) is 2.95. The van der Waals surface area contributed by atoms with E-state index >= 15 is 0 Å². The fourth-order valence-corrected chi connectivity index (χ4v) is 1.96. The van der Waals surface area contributed by atoms with Crippen LogP contribution in [0.25, 0.3) is 0 Å². The van der Waals surface area contributed by atoms with Crippen LogP contribution < -0.4 is 4.74 Å². The smallest absolute Gasteiger partial charge is 0.172 e. The maximum Gasteiger partial charge on any atom is 0.172 e. The zero-order chi connectivity index (χ0) is 11.1. The van der Waals surface area contributed by atoms with E-state index in [9.17, 15) is 4.79 Å². The molecule has 0 amide bonds. The Balaban J connectivity index is 2.41. The molecule has 0 saturated heterocycles. The van der Waals surface area contributed by atoms with Crippen molar-refractivity contribution in [1.29, 1.82) is 0 Å². The summed E-state index contributed by atoms with van der Waals surface area (Å²) >= 11 is 3.37. The normalized spacial score (nSPS) is 17.3. The standard InChI is InChI=1S/C12H13BrO2/c1-12(5-6-12)11(14)9-7-8(13)3-4-10(9)15-2/h3-4,7H,5-6H2,1-2H3. The second kappa shape index (κ2) is 3.63. The molecule has 1 aromatic carbocycles. The summed E-state index contributed by atoms with van der Waals surface area (Å²) in [5.74, 6) is 0.858. The number of halogens is 1. The van der Waals surface area contributed by atoms with Crippen LogP contribution in [0.1, 0.15) is 30.1 Å².